The van der Waals surface area contributed by atoms with Crippen LogP contribution < -0.4 is 10.1 Å². The first-order chi connectivity index (χ1) is 10.7. The molecule has 2 aromatic heterocycles. The Labute approximate surface area is 126 Å². The van der Waals surface area contributed by atoms with Gasteiger partial charge in [0.1, 0.15) is 12.4 Å². The number of ether oxygens (including phenoxy) is 1. The highest BCUT2D eigenvalue weighted by molar-refractivity contribution is 5.74. The first-order valence-corrected chi connectivity index (χ1v) is 7.04. The molecule has 0 amide bonds. The van der Waals surface area contributed by atoms with Crippen LogP contribution in [0.2, 0.25) is 0 Å². The Morgan fingerprint density at radius 3 is 3.18 bits per heavy atom. The van der Waals surface area contributed by atoms with E-state index in [1.54, 1.807) is 12.3 Å². The summed E-state index contributed by atoms with van der Waals surface area (Å²) in [7, 11) is 0. The van der Waals surface area contributed by atoms with E-state index in [1.165, 1.54) is 10.9 Å². The van der Waals surface area contributed by atoms with Crippen molar-refractivity contribution in [1.29, 1.82) is 0 Å². The minimum Gasteiger partial charge on any atom is -0.469 e. The van der Waals surface area contributed by atoms with Gasteiger partial charge in [0, 0.05) is 25.7 Å². The summed E-state index contributed by atoms with van der Waals surface area (Å²) in [6.45, 7) is 1.45. The van der Waals surface area contributed by atoms with Crippen LogP contribution in [0.3, 0.4) is 0 Å². The van der Waals surface area contributed by atoms with E-state index in [0.717, 1.165) is 23.4 Å². The molecule has 3 heterocycles. The van der Waals surface area contributed by atoms with Crippen LogP contribution in [0, 0.1) is 0 Å². The quantitative estimate of drug-likeness (QED) is 0.871. The molecule has 0 radical (unpaired) electrons. The highest BCUT2D eigenvalue weighted by Crippen LogP contribution is 2.27. The summed E-state index contributed by atoms with van der Waals surface area (Å²) in [4.78, 5) is 19.6. The lowest BCUT2D eigenvalue weighted by Crippen LogP contribution is -2.22. The first-order valence-electron chi connectivity index (χ1n) is 7.04. The Morgan fingerprint density at radius 2 is 2.32 bits per heavy atom. The van der Waals surface area contributed by atoms with Crippen molar-refractivity contribution in [3.63, 3.8) is 0 Å². The molecular formula is C15H14N4O3. The van der Waals surface area contributed by atoms with Crippen LogP contribution in [0.1, 0.15) is 22.5 Å². The van der Waals surface area contributed by atoms with Gasteiger partial charge in [-0.3, -0.25) is 4.57 Å². The van der Waals surface area contributed by atoms with E-state index in [2.05, 4.69) is 15.3 Å². The molecule has 7 heteroatoms. The predicted octanol–water partition coefficient (Wildman–Crippen LogP) is 1.42. The molecule has 0 fully saturated rings. The van der Waals surface area contributed by atoms with Crippen molar-refractivity contribution in [2.24, 2.45) is 0 Å². The van der Waals surface area contributed by atoms with Crippen LogP contribution in [0.5, 0.6) is 5.88 Å². The molecule has 2 aliphatic rings. The van der Waals surface area contributed by atoms with Gasteiger partial charge in [-0.1, -0.05) is 0 Å². The van der Waals surface area contributed by atoms with Crippen LogP contribution in [0.15, 0.2) is 24.7 Å². The molecule has 1 unspecified atom stereocenters. The SMILES string of the molecule is O=C(O)n1ccc2c1C=CC(Oc1ncnc3c1CNC3)C2. The lowest BCUT2D eigenvalue weighted by atomic mass is 10.0. The second kappa shape index (κ2) is 4.96. The fraction of sp³-hybridized carbons (Fsp3) is 0.267. The molecule has 4 rings (SSSR count). The van der Waals surface area contributed by atoms with Crippen LogP contribution in [0.25, 0.3) is 6.08 Å². The van der Waals surface area contributed by atoms with E-state index in [1.807, 2.05) is 12.1 Å². The van der Waals surface area contributed by atoms with E-state index in [-0.39, 0.29) is 6.10 Å². The number of carboxylic acid groups (broad SMARTS) is 1. The molecule has 1 aliphatic carbocycles. The van der Waals surface area contributed by atoms with Crippen molar-refractivity contribution in [2.75, 3.05) is 0 Å². The van der Waals surface area contributed by atoms with Gasteiger partial charge in [0.25, 0.3) is 0 Å². The van der Waals surface area contributed by atoms with Crippen LogP contribution in [0.4, 0.5) is 4.79 Å². The van der Waals surface area contributed by atoms with Crippen molar-refractivity contribution in [2.45, 2.75) is 25.6 Å². The lowest BCUT2D eigenvalue weighted by molar-refractivity contribution is 0.196. The summed E-state index contributed by atoms with van der Waals surface area (Å²) >= 11 is 0. The molecular weight excluding hydrogens is 284 g/mol. The van der Waals surface area contributed by atoms with E-state index < -0.39 is 6.09 Å². The minimum atomic E-state index is -0.982. The van der Waals surface area contributed by atoms with Gasteiger partial charge in [0.2, 0.25) is 5.88 Å². The number of carbonyl (C=O) groups is 1. The predicted molar refractivity (Wildman–Crippen MR) is 77.6 cm³/mol. The number of aromatic nitrogens is 3. The first kappa shape index (κ1) is 13.0. The average molecular weight is 298 g/mol. The molecule has 112 valence electrons. The smallest absolute Gasteiger partial charge is 0.415 e. The summed E-state index contributed by atoms with van der Waals surface area (Å²) in [5.74, 6) is 0.603. The third-order valence-corrected chi connectivity index (χ3v) is 3.96. The zero-order valence-corrected chi connectivity index (χ0v) is 11.7. The molecule has 2 aromatic rings. The van der Waals surface area contributed by atoms with Gasteiger partial charge in [0.05, 0.1) is 17.0 Å². The maximum atomic E-state index is 11.1. The van der Waals surface area contributed by atoms with Gasteiger partial charge >= 0.3 is 6.09 Å². The lowest BCUT2D eigenvalue weighted by Gasteiger charge is -2.20. The summed E-state index contributed by atoms with van der Waals surface area (Å²) in [6.07, 6.45) is 6.22. The van der Waals surface area contributed by atoms with Gasteiger partial charge in [-0.15, -0.1) is 0 Å². The number of rotatable bonds is 2. The third-order valence-electron chi connectivity index (χ3n) is 3.96. The maximum absolute atomic E-state index is 11.1. The fourth-order valence-electron chi connectivity index (χ4n) is 2.89. The number of nitrogens with one attached hydrogen (secondary N) is 1. The molecule has 22 heavy (non-hydrogen) atoms. The van der Waals surface area contributed by atoms with Crippen molar-refractivity contribution >= 4 is 12.2 Å². The molecule has 0 saturated heterocycles. The van der Waals surface area contributed by atoms with Crippen LogP contribution >= 0.6 is 0 Å². The highest BCUT2D eigenvalue weighted by Gasteiger charge is 2.23. The number of hydrogen-bond donors (Lipinski definition) is 2. The Bertz CT molecular complexity index is 781. The van der Waals surface area contributed by atoms with Crippen molar-refractivity contribution < 1.29 is 14.6 Å². The normalized spacial score (nSPS) is 18.8. The third kappa shape index (κ3) is 2.06. The Hall–Kier alpha value is -2.67. The molecule has 1 aliphatic heterocycles. The fourth-order valence-corrected chi connectivity index (χ4v) is 2.89. The summed E-state index contributed by atoms with van der Waals surface area (Å²) in [5.41, 5.74) is 3.63. The van der Waals surface area contributed by atoms with E-state index in [4.69, 9.17) is 9.84 Å². The number of fused-ring (bicyclic) bond motifs is 2. The van der Waals surface area contributed by atoms with E-state index in [9.17, 15) is 4.79 Å². The summed E-state index contributed by atoms with van der Waals surface area (Å²) < 4.78 is 7.21. The second-order valence-electron chi connectivity index (χ2n) is 5.31. The molecule has 0 saturated carbocycles. The minimum absolute atomic E-state index is 0.156. The molecule has 0 aromatic carbocycles. The maximum Gasteiger partial charge on any atom is 0.415 e. The van der Waals surface area contributed by atoms with Crippen molar-refractivity contribution in [3.05, 3.63) is 47.2 Å². The average Bonchev–Trinajstić information content (AvgIpc) is 3.13. The Balaban J connectivity index is 1.57. The number of hydrogen-bond acceptors (Lipinski definition) is 5. The molecule has 7 nitrogen and oxygen atoms in total. The van der Waals surface area contributed by atoms with E-state index >= 15 is 0 Å². The van der Waals surface area contributed by atoms with Crippen LogP contribution in [-0.4, -0.2) is 31.8 Å². The van der Waals surface area contributed by atoms with Crippen LogP contribution in [-0.2, 0) is 19.5 Å². The molecule has 1 atom stereocenters. The van der Waals surface area contributed by atoms with Gasteiger partial charge in [0.15, 0.2) is 0 Å². The topological polar surface area (TPSA) is 89.3 Å². The van der Waals surface area contributed by atoms with E-state index in [0.29, 0.717) is 24.5 Å². The molecule has 0 bridgehead atoms. The monoisotopic (exact) mass is 298 g/mol. The van der Waals surface area contributed by atoms with Gasteiger partial charge < -0.3 is 15.2 Å². The van der Waals surface area contributed by atoms with Crippen molar-refractivity contribution in [3.8, 4) is 5.88 Å². The Morgan fingerprint density at radius 1 is 1.41 bits per heavy atom. The summed E-state index contributed by atoms with van der Waals surface area (Å²) in [6, 6.07) is 1.81. The highest BCUT2D eigenvalue weighted by atomic mass is 16.5. The zero-order chi connectivity index (χ0) is 15.1. The second-order valence-corrected chi connectivity index (χ2v) is 5.31. The standard InChI is InChI=1S/C15H14N4O3/c20-15(21)19-4-3-9-5-10(1-2-13(9)19)22-14-11-6-16-7-12(11)17-8-18-14/h1-4,8,10,16H,5-7H2,(H,20,21). The number of nitrogens with zero attached hydrogens (tertiary/aromatic N) is 3. The van der Waals surface area contributed by atoms with Gasteiger partial charge in [-0.2, -0.15) is 0 Å². The van der Waals surface area contributed by atoms with Gasteiger partial charge in [-0.05, 0) is 23.8 Å². The molecule has 2 N–H and O–H groups in total. The largest absolute Gasteiger partial charge is 0.469 e. The van der Waals surface area contributed by atoms with Gasteiger partial charge in [-0.25, -0.2) is 14.8 Å². The zero-order valence-electron chi connectivity index (χ0n) is 11.7. The van der Waals surface area contributed by atoms with Crippen molar-refractivity contribution in [1.82, 2.24) is 19.9 Å². The Kier molecular flexibility index (Phi) is 2.93. The summed E-state index contributed by atoms with van der Waals surface area (Å²) in [5, 5.41) is 12.3. The molecule has 0 spiro atoms.